The molecule has 1 aromatic carbocycles. The fourth-order valence-corrected chi connectivity index (χ4v) is 2.49. The summed E-state index contributed by atoms with van der Waals surface area (Å²) in [6.07, 6.45) is 4.24. The highest BCUT2D eigenvalue weighted by Crippen LogP contribution is 2.31. The molecule has 1 N–H and O–H groups in total. The number of hydrogen-bond acceptors (Lipinski definition) is 3. The summed E-state index contributed by atoms with van der Waals surface area (Å²) >= 11 is 0. The number of benzene rings is 1. The molecular formula is C16H23NO2. The zero-order valence-electron chi connectivity index (χ0n) is 11.6. The molecular weight excluding hydrogens is 238 g/mol. The fourth-order valence-electron chi connectivity index (χ4n) is 2.49. The Labute approximate surface area is 115 Å². The molecule has 0 aromatic heterocycles. The van der Waals surface area contributed by atoms with Crippen molar-refractivity contribution in [1.82, 2.24) is 5.32 Å². The van der Waals surface area contributed by atoms with E-state index in [0.29, 0.717) is 18.9 Å². The van der Waals surface area contributed by atoms with E-state index in [4.69, 9.17) is 4.74 Å². The molecule has 0 spiro atoms. The third-order valence-corrected chi connectivity index (χ3v) is 3.82. The zero-order valence-corrected chi connectivity index (χ0v) is 11.6. The van der Waals surface area contributed by atoms with E-state index in [1.165, 1.54) is 24.8 Å². The van der Waals surface area contributed by atoms with E-state index in [2.05, 4.69) is 17.4 Å². The Morgan fingerprint density at radius 2 is 2.11 bits per heavy atom. The Kier molecular flexibility index (Phi) is 5.40. The molecule has 104 valence electrons. The van der Waals surface area contributed by atoms with Crippen LogP contribution in [0.5, 0.6) is 0 Å². The van der Waals surface area contributed by atoms with Crippen LogP contribution < -0.4 is 5.32 Å². The van der Waals surface area contributed by atoms with Gasteiger partial charge >= 0.3 is 5.97 Å². The van der Waals surface area contributed by atoms with Crippen LogP contribution in [0.1, 0.15) is 38.2 Å². The summed E-state index contributed by atoms with van der Waals surface area (Å²) in [7, 11) is 0. The molecule has 3 heteroatoms. The molecule has 1 unspecified atom stereocenters. The van der Waals surface area contributed by atoms with Crippen LogP contribution in [0.2, 0.25) is 0 Å². The molecule has 1 aliphatic rings. The van der Waals surface area contributed by atoms with Crippen molar-refractivity contribution in [2.24, 2.45) is 5.92 Å². The van der Waals surface area contributed by atoms with Gasteiger partial charge in [0.25, 0.3) is 0 Å². The Morgan fingerprint density at radius 3 is 2.68 bits per heavy atom. The molecule has 1 aliphatic carbocycles. The number of hydrogen-bond donors (Lipinski definition) is 1. The molecule has 1 saturated carbocycles. The minimum absolute atomic E-state index is 0.0834. The topological polar surface area (TPSA) is 38.3 Å². The number of esters is 1. The van der Waals surface area contributed by atoms with Crippen LogP contribution in [0.25, 0.3) is 0 Å². The monoisotopic (exact) mass is 261 g/mol. The van der Waals surface area contributed by atoms with Gasteiger partial charge in [-0.15, -0.1) is 0 Å². The molecule has 1 atom stereocenters. The van der Waals surface area contributed by atoms with Crippen LogP contribution in [-0.2, 0) is 16.1 Å². The molecule has 2 rings (SSSR count). The lowest BCUT2D eigenvalue weighted by Crippen LogP contribution is -2.41. The smallest absolute Gasteiger partial charge is 0.307 e. The predicted molar refractivity (Wildman–Crippen MR) is 75.7 cm³/mol. The summed E-state index contributed by atoms with van der Waals surface area (Å²) in [5.41, 5.74) is 1.26. The first kappa shape index (κ1) is 14.1. The first-order valence-corrected chi connectivity index (χ1v) is 7.22. The molecule has 0 saturated heterocycles. The summed E-state index contributed by atoms with van der Waals surface area (Å²) in [5, 5.41) is 3.53. The summed E-state index contributed by atoms with van der Waals surface area (Å²) < 4.78 is 5.06. The van der Waals surface area contributed by atoms with Gasteiger partial charge in [-0.05, 0) is 31.2 Å². The van der Waals surface area contributed by atoms with E-state index >= 15 is 0 Å². The lowest BCUT2D eigenvalue weighted by Gasteiger charge is -2.34. The van der Waals surface area contributed by atoms with E-state index in [-0.39, 0.29) is 12.0 Å². The van der Waals surface area contributed by atoms with E-state index in [1.807, 2.05) is 25.1 Å². The zero-order chi connectivity index (χ0) is 13.5. The maximum absolute atomic E-state index is 11.6. The van der Waals surface area contributed by atoms with Crippen LogP contribution in [0, 0.1) is 5.92 Å². The quantitative estimate of drug-likeness (QED) is 0.767. The van der Waals surface area contributed by atoms with E-state index in [0.717, 1.165) is 6.54 Å². The lowest BCUT2D eigenvalue weighted by atomic mass is 9.78. The Bertz CT molecular complexity index is 387. The molecule has 0 heterocycles. The van der Waals surface area contributed by atoms with Crippen molar-refractivity contribution < 1.29 is 9.53 Å². The SMILES string of the molecule is CCOC(=O)CC(NCc1ccccc1)C1CCC1. The van der Waals surface area contributed by atoms with Gasteiger partial charge in [-0.1, -0.05) is 36.8 Å². The summed E-state index contributed by atoms with van der Waals surface area (Å²) in [6.45, 7) is 3.14. The van der Waals surface area contributed by atoms with E-state index in [9.17, 15) is 4.79 Å². The highest BCUT2D eigenvalue weighted by atomic mass is 16.5. The molecule has 0 radical (unpaired) electrons. The maximum atomic E-state index is 11.6. The normalized spacial score (nSPS) is 16.7. The molecule has 1 fully saturated rings. The predicted octanol–water partition coefficient (Wildman–Crippen LogP) is 2.90. The van der Waals surface area contributed by atoms with Gasteiger partial charge in [-0.3, -0.25) is 4.79 Å². The number of nitrogens with one attached hydrogen (secondary N) is 1. The van der Waals surface area contributed by atoms with E-state index < -0.39 is 0 Å². The van der Waals surface area contributed by atoms with Crippen molar-refractivity contribution in [1.29, 1.82) is 0 Å². The van der Waals surface area contributed by atoms with Crippen molar-refractivity contribution in [3.8, 4) is 0 Å². The number of rotatable bonds is 7. The first-order chi connectivity index (χ1) is 9.29. The average molecular weight is 261 g/mol. The standard InChI is InChI=1S/C16H23NO2/c1-2-19-16(18)11-15(14-9-6-10-14)17-12-13-7-4-3-5-8-13/h3-5,7-8,14-15,17H,2,6,9-12H2,1H3. The van der Waals surface area contributed by atoms with E-state index in [1.54, 1.807) is 0 Å². The summed E-state index contributed by atoms with van der Waals surface area (Å²) in [4.78, 5) is 11.6. The Morgan fingerprint density at radius 1 is 1.37 bits per heavy atom. The van der Waals surface area contributed by atoms with Gasteiger partial charge in [-0.2, -0.15) is 0 Å². The van der Waals surface area contributed by atoms with Crippen LogP contribution in [0.3, 0.4) is 0 Å². The number of carbonyl (C=O) groups is 1. The third kappa shape index (κ3) is 4.35. The highest BCUT2D eigenvalue weighted by molar-refractivity contribution is 5.70. The molecule has 0 aliphatic heterocycles. The second-order valence-corrected chi connectivity index (χ2v) is 5.17. The molecule has 0 bridgehead atoms. The van der Waals surface area contributed by atoms with Gasteiger partial charge in [0.05, 0.1) is 13.0 Å². The van der Waals surface area contributed by atoms with Crippen LogP contribution in [-0.4, -0.2) is 18.6 Å². The van der Waals surface area contributed by atoms with Gasteiger partial charge in [0.15, 0.2) is 0 Å². The minimum atomic E-state index is -0.0834. The van der Waals surface area contributed by atoms with Gasteiger partial charge in [0, 0.05) is 12.6 Å². The fraction of sp³-hybridized carbons (Fsp3) is 0.562. The van der Waals surface area contributed by atoms with Gasteiger partial charge < -0.3 is 10.1 Å². The second kappa shape index (κ2) is 7.29. The van der Waals surface area contributed by atoms with Crippen molar-refractivity contribution in [3.63, 3.8) is 0 Å². The van der Waals surface area contributed by atoms with Crippen molar-refractivity contribution in [2.45, 2.75) is 45.2 Å². The Hall–Kier alpha value is -1.35. The number of carbonyl (C=O) groups excluding carboxylic acids is 1. The summed E-state index contributed by atoms with van der Waals surface area (Å²) in [6, 6.07) is 10.6. The summed E-state index contributed by atoms with van der Waals surface area (Å²) in [5.74, 6) is 0.549. The van der Waals surface area contributed by atoms with Crippen LogP contribution >= 0.6 is 0 Å². The van der Waals surface area contributed by atoms with Crippen LogP contribution in [0.4, 0.5) is 0 Å². The molecule has 0 amide bonds. The molecule has 19 heavy (non-hydrogen) atoms. The second-order valence-electron chi connectivity index (χ2n) is 5.17. The van der Waals surface area contributed by atoms with Gasteiger partial charge in [0.2, 0.25) is 0 Å². The van der Waals surface area contributed by atoms with Crippen molar-refractivity contribution in [2.75, 3.05) is 6.61 Å². The first-order valence-electron chi connectivity index (χ1n) is 7.22. The average Bonchev–Trinajstić information content (AvgIpc) is 2.35. The minimum Gasteiger partial charge on any atom is -0.466 e. The Balaban J connectivity index is 1.85. The lowest BCUT2D eigenvalue weighted by molar-refractivity contribution is -0.144. The molecule has 1 aromatic rings. The van der Waals surface area contributed by atoms with Crippen molar-refractivity contribution >= 4 is 5.97 Å². The van der Waals surface area contributed by atoms with Crippen LogP contribution in [0.15, 0.2) is 30.3 Å². The highest BCUT2D eigenvalue weighted by Gasteiger charge is 2.28. The third-order valence-electron chi connectivity index (χ3n) is 3.82. The largest absolute Gasteiger partial charge is 0.466 e. The maximum Gasteiger partial charge on any atom is 0.307 e. The number of ether oxygens (including phenoxy) is 1. The van der Waals surface area contributed by atoms with Gasteiger partial charge in [0.1, 0.15) is 0 Å². The van der Waals surface area contributed by atoms with Gasteiger partial charge in [-0.25, -0.2) is 0 Å². The molecule has 3 nitrogen and oxygen atoms in total. The van der Waals surface area contributed by atoms with Crippen molar-refractivity contribution in [3.05, 3.63) is 35.9 Å².